The van der Waals surface area contributed by atoms with E-state index in [1.807, 2.05) is 24.3 Å². The molecule has 0 heterocycles. The minimum atomic E-state index is 0.367. The van der Waals surface area contributed by atoms with Crippen LogP contribution in [0.3, 0.4) is 0 Å². The van der Waals surface area contributed by atoms with Crippen LogP contribution in [-0.4, -0.2) is 17.0 Å². The number of rotatable bonds is 3. The lowest BCUT2D eigenvalue weighted by atomic mass is 10.1. The highest BCUT2D eigenvalue weighted by Crippen LogP contribution is 2.23. The third-order valence-electron chi connectivity index (χ3n) is 3.53. The fourth-order valence-corrected chi connectivity index (χ4v) is 2.38. The maximum atomic E-state index is 8.71. The zero-order valence-electron chi connectivity index (χ0n) is 10.9. The van der Waals surface area contributed by atoms with E-state index >= 15 is 0 Å². The second kappa shape index (κ2) is 6.43. The largest absolute Gasteiger partial charge is 0.490 e. The molecule has 0 atom stereocenters. The van der Waals surface area contributed by atoms with E-state index in [1.54, 1.807) is 6.92 Å². The Morgan fingerprint density at radius 3 is 2.28 bits per heavy atom. The first-order chi connectivity index (χ1) is 8.79. The summed E-state index contributed by atoms with van der Waals surface area (Å²) in [4.78, 5) is 0. The molecule has 1 fully saturated rings. The van der Waals surface area contributed by atoms with Crippen molar-refractivity contribution in [2.75, 3.05) is 0 Å². The molecule has 2 rings (SSSR count). The summed E-state index contributed by atoms with van der Waals surface area (Å²) in [5.74, 6) is 0.913. The van der Waals surface area contributed by atoms with Gasteiger partial charge in [-0.05, 0) is 62.4 Å². The first-order valence-electron chi connectivity index (χ1n) is 6.75. The number of benzene rings is 1. The quantitative estimate of drug-likeness (QED) is 0.380. The van der Waals surface area contributed by atoms with Crippen molar-refractivity contribution in [3.05, 3.63) is 29.8 Å². The molecule has 1 aliphatic rings. The molecule has 1 aliphatic carbocycles. The molecule has 1 N–H and O–H groups in total. The fraction of sp³-hybridized carbons (Fsp3) is 0.533. The van der Waals surface area contributed by atoms with Crippen LogP contribution in [0.15, 0.2) is 29.4 Å². The standard InChI is InChI=1S/C15H21NO2/c1-12(16-17)13-8-10-15(11-9-13)18-14-6-4-2-3-5-7-14/h8-11,14,17H,2-7H2,1H3/b16-12-. The van der Waals surface area contributed by atoms with Gasteiger partial charge in [0, 0.05) is 0 Å². The Hall–Kier alpha value is -1.51. The maximum Gasteiger partial charge on any atom is 0.119 e. The minimum Gasteiger partial charge on any atom is -0.490 e. The molecule has 0 saturated heterocycles. The molecule has 3 heteroatoms. The lowest BCUT2D eigenvalue weighted by Crippen LogP contribution is -2.15. The number of nitrogens with zero attached hydrogens (tertiary/aromatic N) is 1. The van der Waals surface area contributed by atoms with Crippen molar-refractivity contribution in [2.24, 2.45) is 5.16 Å². The SMILES string of the molecule is C/C(=N/O)c1ccc(OC2CCCCCC2)cc1. The molecule has 0 bridgehead atoms. The maximum absolute atomic E-state index is 8.71. The van der Waals surface area contributed by atoms with E-state index in [-0.39, 0.29) is 0 Å². The summed E-state index contributed by atoms with van der Waals surface area (Å²) in [6, 6.07) is 7.77. The van der Waals surface area contributed by atoms with Gasteiger partial charge >= 0.3 is 0 Å². The van der Waals surface area contributed by atoms with Crippen molar-refractivity contribution in [3.63, 3.8) is 0 Å². The number of oxime groups is 1. The van der Waals surface area contributed by atoms with Gasteiger partial charge in [0.25, 0.3) is 0 Å². The predicted octanol–water partition coefficient (Wildman–Crippen LogP) is 3.99. The van der Waals surface area contributed by atoms with Crippen LogP contribution in [0, 0.1) is 0 Å². The molecule has 1 saturated carbocycles. The van der Waals surface area contributed by atoms with Gasteiger partial charge in [0.2, 0.25) is 0 Å². The van der Waals surface area contributed by atoms with Crippen LogP contribution in [0.4, 0.5) is 0 Å². The molecule has 98 valence electrons. The number of ether oxygens (including phenoxy) is 1. The third kappa shape index (κ3) is 3.49. The van der Waals surface area contributed by atoms with Gasteiger partial charge in [0.1, 0.15) is 5.75 Å². The van der Waals surface area contributed by atoms with Crippen molar-refractivity contribution in [1.29, 1.82) is 0 Å². The second-order valence-electron chi connectivity index (χ2n) is 4.94. The van der Waals surface area contributed by atoms with E-state index < -0.39 is 0 Å². The van der Waals surface area contributed by atoms with Crippen molar-refractivity contribution in [2.45, 2.75) is 51.6 Å². The lowest BCUT2D eigenvalue weighted by molar-refractivity contribution is 0.184. The summed E-state index contributed by atoms with van der Waals surface area (Å²) in [7, 11) is 0. The van der Waals surface area contributed by atoms with Crippen LogP contribution < -0.4 is 4.74 Å². The van der Waals surface area contributed by atoms with E-state index in [9.17, 15) is 0 Å². The molecule has 0 aromatic heterocycles. The molecule has 0 spiro atoms. The highest BCUT2D eigenvalue weighted by molar-refractivity contribution is 5.98. The molecule has 18 heavy (non-hydrogen) atoms. The Kier molecular flexibility index (Phi) is 4.62. The zero-order valence-corrected chi connectivity index (χ0v) is 10.9. The van der Waals surface area contributed by atoms with Crippen LogP contribution in [0.25, 0.3) is 0 Å². The third-order valence-corrected chi connectivity index (χ3v) is 3.53. The number of hydrogen-bond donors (Lipinski definition) is 1. The molecule has 0 amide bonds. The number of hydrogen-bond acceptors (Lipinski definition) is 3. The van der Waals surface area contributed by atoms with Gasteiger partial charge in [-0.1, -0.05) is 18.0 Å². The van der Waals surface area contributed by atoms with Crippen molar-refractivity contribution in [1.82, 2.24) is 0 Å². The van der Waals surface area contributed by atoms with Crippen molar-refractivity contribution < 1.29 is 9.94 Å². The van der Waals surface area contributed by atoms with E-state index in [1.165, 1.54) is 38.5 Å². The Morgan fingerprint density at radius 1 is 1.11 bits per heavy atom. The van der Waals surface area contributed by atoms with Gasteiger partial charge in [-0.3, -0.25) is 0 Å². The van der Waals surface area contributed by atoms with Crippen LogP contribution in [0.2, 0.25) is 0 Å². The summed E-state index contributed by atoms with van der Waals surface area (Å²) in [5.41, 5.74) is 1.54. The highest BCUT2D eigenvalue weighted by atomic mass is 16.5. The van der Waals surface area contributed by atoms with Crippen molar-refractivity contribution in [3.8, 4) is 5.75 Å². The average Bonchev–Trinajstić information content (AvgIpc) is 2.67. The van der Waals surface area contributed by atoms with E-state index in [4.69, 9.17) is 9.94 Å². The topological polar surface area (TPSA) is 41.8 Å². The first kappa shape index (κ1) is 12.9. The van der Waals surface area contributed by atoms with Crippen molar-refractivity contribution >= 4 is 5.71 Å². The van der Waals surface area contributed by atoms with Gasteiger partial charge in [0.15, 0.2) is 0 Å². The smallest absolute Gasteiger partial charge is 0.119 e. The second-order valence-corrected chi connectivity index (χ2v) is 4.94. The summed E-state index contributed by atoms with van der Waals surface area (Å²) < 4.78 is 6.00. The molecule has 1 aromatic rings. The van der Waals surface area contributed by atoms with Gasteiger partial charge in [-0.25, -0.2) is 0 Å². The van der Waals surface area contributed by atoms with E-state index in [2.05, 4.69) is 5.16 Å². The fourth-order valence-electron chi connectivity index (χ4n) is 2.38. The molecule has 1 aromatic carbocycles. The lowest BCUT2D eigenvalue weighted by Gasteiger charge is -2.17. The molecule has 0 radical (unpaired) electrons. The van der Waals surface area contributed by atoms with E-state index in [0.717, 1.165) is 11.3 Å². The summed E-state index contributed by atoms with van der Waals surface area (Å²) in [6.45, 7) is 1.78. The molecule has 3 nitrogen and oxygen atoms in total. The Balaban J connectivity index is 1.97. The Morgan fingerprint density at radius 2 is 1.72 bits per heavy atom. The predicted molar refractivity (Wildman–Crippen MR) is 72.6 cm³/mol. The monoisotopic (exact) mass is 247 g/mol. The summed E-state index contributed by atoms with van der Waals surface area (Å²) in [5, 5.41) is 11.9. The van der Waals surface area contributed by atoms with Crippen LogP contribution in [0.5, 0.6) is 5.75 Å². The molecule has 0 aliphatic heterocycles. The van der Waals surface area contributed by atoms with Crippen LogP contribution in [-0.2, 0) is 0 Å². The minimum absolute atomic E-state index is 0.367. The van der Waals surface area contributed by atoms with Gasteiger partial charge in [-0.2, -0.15) is 0 Å². The average molecular weight is 247 g/mol. The Labute approximate surface area is 108 Å². The van der Waals surface area contributed by atoms with Crippen LogP contribution >= 0.6 is 0 Å². The summed E-state index contributed by atoms with van der Waals surface area (Å²) in [6.07, 6.45) is 7.93. The Bertz CT molecular complexity index is 389. The zero-order chi connectivity index (χ0) is 12.8. The van der Waals surface area contributed by atoms with Gasteiger partial charge < -0.3 is 9.94 Å². The summed E-state index contributed by atoms with van der Waals surface area (Å²) >= 11 is 0. The normalized spacial score (nSPS) is 18.4. The van der Waals surface area contributed by atoms with Gasteiger partial charge in [-0.15, -0.1) is 0 Å². The van der Waals surface area contributed by atoms with E-state index in [0.29, 0.717) is 11.8 Å². The molecular formula is C15H21NO2. The first-order valence-corrected chi connectivity index (χ1v) is 6.75. The van der Waals surface area contributed by atoms with Crippen LogP contribution in [0.1, 0.15) is 51.0 Å². The van der Waals surface area contributed by atoms with Gasteiger partial charge in [0.05, 0.1) is 11.8 Å². The molecular weight excluding hydrogens is 226 g/mol. The molecule has 0 unspecified atom stereocenters. The highest BCUT2D eigenvalue weighted by Gasteiger charge is 2.13.